The highest BCUT2D eigenvalue weighted by Crippen LogP contribution is 2.30. The van der Waals surface area contributed by atoms with Crippen LogP contribution in [0.25, 0.3) is 0 Å². The first kappa shape index (κ1) is 53.1. The number of hydrogen-bond acceptors (Lipinski definition) is 13. The Morgan fingerprint density at radius 3 is 1.45 bits per heavy atom. The van der Waals surface area contributed by atoms with Gasteiger partial charge in [0.05, 0.1) is 32.0 Å². The third-order valence-electron chi connectivity index (χ3n) is 11.8. The number of carbonyl (C=O) groups is 1. The molecule has 2 heterocycles. The molecular formula is C44H85NO13. The van der Waals surface area contributed by atoms with Crippen molar-refractivity contribution in [3.63, 3.8) is 0 Å². The zero-order chi connectivity index (χ0) is 42.5. The monoisotopic (exact) mass is 836 g/mol. The molecule has 2 rings (SSSR count). The number of ether oxygens (including phenoxy) is 4. The number of aliphatic hydroxyl groups is 8. The lowest BCUT2D eigenvalue weighted by Crippen LogP contribution is -2.65. The molecule has 2 saturated heterocycles. The molecule has 0 aromatic heterocycles. The van der Waals surface area contributed by atoms with Crippen molar-refractivity contribution >= 4 is 5.91 Å². The van der Waals surface area contributed by atoms with E-state index in [1.54, 1.807) is 0 Å². The molecule has 12 unspecified atom stereocenters. The van der Waals surface area contributed by atoms with E-state index in [1.807, 2.05) is 6.92 Å². The summed E-state index contributed by atoms with van der Waals surface area (Å²) in [5.74, 6) is -0.241. The molecule has 58 heavy (non-hydrogen) atoms. The molecule has 344 valence electrons. The van der Waals surface area contributed by atoms with Crippen molar-refractivity contribution in [1.29, 1.82) is 0 Å². The summed E-state index contributed by atoms with van der Waals surface area (Å²) in [6.07, 6.45) is 14.0. The van der Waals surface area contributed by atoms with Crippen molar-refractivity contribution in [3.05, 3.63) is 0 Å². The van der Waals surface area contributed by atoms with E-state index in [1.165, 1.54) is 116 Å². The number of nitrogens with one attached hydrogen (secondary N) is 1. The second-order valence-electron chi connectivity index (χ2n) is 16.9. The molecule has 0 bridgehead atoms. The highest BCUT2D eigenvalue weighted by atomic mass is 16.7. The van der Waals surface area contributed by atoms with Gasteiger partial charge in [0.15, 0.2) is 12.6 Å². The molecule has 2 aliphatic heterocycles. The Kier molecular flexibility index (Phi) is 29.9. The SMILES string of the molecule is CCCCCCCCCCCCCCCCCCCCCCCCC(O)C(COC1OC(CO)C(OC2OC(CO)C(O)C(O)C2O)C(O)C1O)NC(=O)CCCC. The van der Waals surface area contributed by atoms with Gasteiger partial charge in [0.2, 0.25) is 5.91 Å². The van der Waals surface area contributed by atoms with Gasteiger partial charge in [0.1, 0.15) is 48.8 Å². The number of aliphatic hydroxyl groups excluding tert-OH is 8. The summed E-state index contributed by atoms with van der Waals surface area (Å²) in [5.41, 5.74) is 0. The van der Waals surface area contributed by atoms with E-state index < -0.39 is 86.8 Å². The molecule has 0 aromatic rings. The maximum Gasteiger partial charge on any atom is 0.220 e. The smallest absolute Gasteiger partial charge is 0.220 e. The molecule has 0 aromatic carbocycles. The second kappa shape index (κ2) is 32.7. The summed E-state index contributed by atoms with van der Waals surface area (Å²) >= 11 is 0. The van der Waals surface area contributed by atoms with Crippen molar-refractivity contribution < 1.29 is 64.6 Å². The quantitative estimate of drug-likeness (QED) is 0.0397. The predicted molar refractivity (Wildman–Crippen MR) is 222 cm³/mol. The molecule has 1 amide bonds. The minimum Gasteiger partial charge on any atom is -0.394 e. The first-order valence-electron chi connectivity index (χ1n) is 23.3. The van der Waals surface area contributed by atoms with Gasteiger partial charge in [-0.05, 0) is 12.8 Å². The van der Waals surface area contributed by atoms with Gasteiger partial charge >= 0.3 is 0 Å². The fourth-order valence-electron chi connectivity index (χ4n) is 7.92. The lowest BCUT2D eigenvalue weighted by molar-refractivity contribution is -0.359. The van der Waals surface area contributed by atoms with Crippen LogP contribution in [0.2, 0.25) is 0 Å². The fourth-order valence-corrected chi connectivity index (χ4v) is 7.92. The molecule has 9 N–H and O–H groups in total. The van der Waals surface area contributed by atoms with E-state index in [4.69, 9.17) is 18.9 Å². The van der Waals surface area contributed by atoms with E-state index >= 15 is 0 Å². The van der Waals surface area contributed by atoms with Crippen molar-refractivity contribution in [2.75, 3.05) is 19.8 Å². The third kappa shape index (κ3) is 20.7. The Morgan fingerprint density at radius 1 is 0.552 bits per heavy atom. The minimum absolute atomic E-state index is 0.241. The number of amides is 1. The van der Waals surface area contributed by atoms with Gasteiger partial charge in [-0.25, -0.2) is 0 Å². The first-order valence-corrected chi connectivity index (χ1v) is 23.3. The highest BCUT2D eigenvalue weighted by Gasteiger charge is 2.51. The molecule has 2 fully saturated rings. The highest BCUT2D eigenvalue weighted by molar-refractivity contribution is 5.76. The van der Waals surface area contributed by atoms with Crippen molar-refractivity contribution in [2.24, 2.45) is 0 Å². The van der Waals surface area contributed by atoms with Crippen LogP contribution in [0.15, 0.2) is 0 Å². The molecule has 0 saturated carbocycles. The minimum atomic E-state index is -1.78. The Morgan fingerprint density at radius 2 is 0.983 bits per heavy atom. The lowest BCUT2D eigenvalue weighted by Gasteiger charge is -2.46. The van der Waals surface area contributed by atoms with Crippen LogP contribution in [0, 0.1) is 0 Å². The van der Waals surface area contributed by atoms with Gasteiger partial charge in [0, 0.05) is 6.42 Å². The van der Waals surface area contributed by atoms with Crippen molar-refractivity contribution in [1.82, 2.24) is 5.32 Å². The molecule has 14 nitrogen and oxygen atoms in total. The largest absolute Gasteiger partial charge is 0.394 e. The van der Waals surface area contributed by atoms with E-state index in [0.717, 1.165) is 32.1 Å². The average molecular weight is 836 g/mol. The predicted octanol–water partition coefficient (Wildman–Crippen LogP) is 4.66. The molecule has 12 atom stereocenters. The summed E-state index contributed by atoms with van der Waals surface area (Å²) in [6.45, 7) is 2.60. The zero-order valence-electron chi connectivity index (χ0n) is 36.1. The zero-order valence-corrected chi connectivity index (χ0v) is 36.1. The summed E-state index contributed by atoms with van der Waals surface area (Å²) in [4.78, 5) is 12.7. The number of unbranched alkanes of at least 4 members (excludes halogenated alkanes) is 22. The summed E-state index contributed by atoms with van der Waals surface area (Å²) in [5, 5.41) is 85.9. The van der Waals surface area contributed by atoms with Crippen LogP contribution < -0.4 is 5.32 Å². The van der Waals surface area contributed by atoms with Crippen LogP contribution in [0.5, 0.6) is 0 Å². The third-order valence-corrected chi connectivity index (χ3v) is 11.8. The Bertz CT molecular complexity index is 993. The van der Waals surface area contributed by atoms with Gasteiger partial charge in [-0.1, -0.05) is 162 Å². The molecule has 2 aliphatic rings. The van der Waals surface area contributed by atoms with Crippen LogP contribution in [-0.4, -0.2) is 140 Å². The molecule has 0 radical (unpaired) electrons. The van der Waals surface area contributed by atoms with Gasteiger partial charge in [-0.3, -0.25) is 4.79 Å². The second-order valence-corrected chi connectivity index (χ2v) is 16.9. The topological polar surface area (TPSA) is 228 Å². The van der Waals surface area contributed by atoms with E-state index in [-0.39, 0.29) is 18.9 Å². The summed E-state index contributed by atoms with van der Waals surface area (Å²) in [7, 11) is 0. The van der Waals surface area contributed by atoms with E-state index in [0.29, 0.717) is 12.8 Å². The van der Waals surface area contributed by atoms with Crippen molar-refractivity contribution in [2.45, 2.75) is 254 Å². The molecule has 0 spiro atoms. The van der Waals surface area contributed by atoms with Crippen LogP contribution in [0.1, 0.15) is 181 Å². The Balaban J connectivity index is 1.66. The summed E-state index contributed by atoms with van der Waals surface area (Å²) in [6, 6.07) is -0.817. The Hall–Kier alpha value is -1.01. The first-order chi connectivity index (χ1) is 28.1. The van der Waals surface area contributed by atoms with Crippen LogP contribution in [0.3, 0.4) is 0 Å². The average Bonchev–Trinajstić information content (AvgIpc) is 3.22. The lowest BCUT2D eigenvalue weighted by atomic mass is 9.97. The number of rotatable bonds is 35. The van der Waals surface area contributed by atoms with Crippen LogP contribution >= 0.6 is 0 Å². The van der Waals surface area contributed by atoms with E-state index in [2.05, 4.69) is 12.2 Å². The van der Waals surface area contributed by atoms with Gasteiger partial charge < -0.3 is 65.1 Å². The standard InChI is InChI=1S/C44H85NO13/c1-3-5-7-8-9-10-11-12-13-14-15-16-17-18-19-20-21-22-23-24-25-26-27-33(48)32(45-36(49)28-6-4-2)31-55-43-41(54)39(52)42(35(30-47)57-43)58-44-40(53)38(51)37(50)34(29-46)56-44/h32-35,37-44,46-48,50-54H,3-31H2,1-2H3,(H,45,49). The number of hydrogen-bond donors (Lipinski definition) is 9. The summed E-state index contributed by atoms with van der Waals surface area (Å²) < 4.78 is 22.5. The molecule has 0 aliphatic carbocycles. The van der Waals surface area contributed by atoms with Gasteiger partial charge in [0.25, 0.3) is 0 Å². The Labute approximate surface area is 349 Å². The fraction of sp³-hybridized carbons (Fsp3) is 0.977. The number of carbonyl (C=O) groups excluding carboxylic acids is 1. The van der Waals surface area contributed by atoms with Crippen LogP contribution in [0.4, 0.5) is 0 Å². The van der Waals surface area contributed by atoms with E-state index in [9.17, 15) is 45.6 Å². The maximum absolute atomic E-state index is 12.7. The maximum atomic E-state index is 12.7. The molecular weight excluding hydrogens is 750 g/mol. The molecule has 14 heteroatoms. The normalized spacial score (nSPS) is 28.7. The van der Waals surface area contributed by atoms with Gasteiger partial charge in [-0.15, -0.1) is 0 Å². The van der Waals surface area contributed by atoms with Crippen LogP contribution in [-0.2, 0) is 23.7 Å². The van der Waals surface area contributed by atoms with Gasteiger partial charge in [-0.2, -0.15) is 0 Å². The van der Waals surface area contributed by atoms with Crippen molar-refractivity contribution in [3.8, 4) is 0 Å².